The van der Waals surface area contributed by atoms with Crippen molar-refractivity contribution in [1.82, 2.24) is 0 Å². The maximum absolute atomic E-state index is 9.71. The van der Waals surface area contributed by atoms with Gasteiger partial charge in [-0.05, 0) is 57.6 Å². The van der Waals surface area contributed by atoms with E-state index in [0.29, 0.717) is 0 Å². The van der Waals surface area contributed by atoms with E-state index in [1.165, 1.54) is 11.1 Å². The molecule has 0 radical (unpaired) electrons. The maximum atomic E-state index is 9.71. The van der Waals surface area contributed by atoms with E-state index in [0.717, 1.165) is 22.3 Å². The van der Waals surface area contributed by atoms with Crippen LogP contribution in [0.4, 0.5) is 0 Å². The van der Waals surface area contributed by atoms with Crippen molar-refractivity contribution in [3.05, 3.63) is 108 Å². The minimum atomic E-state index is -0.144. The zero-order valence-electron chi connectivity index (χ0n) is 16.6. The van der Waals surface area contributed by atoms with Crippen molar-refractivity contribution in [1.29, 1.82) is 0 Å². The van der Waals surface area contributed by atoms with Crippen molar-refractivity contribution >= 4 is 0 Å². The molecular formula is C27H24O2. The zero-order chi connectivity index (χ0) is 20.4. The molecule has 0 aliphatic carbocycles. The first-order valence-corrected chi connectivity index (χ1v) is 9.73. The predicted octanol–water partition coefficient (Wildman–Crippen LogP) is 6.76. The van der Waals surface area contributed by atoms with Gasteiger partial charge in [0, 0.05) is 5.41 Å². The van der Waals surface area contributed by atoms with E-state index >= 15 is 0 Å². The maximum Gasteiger partial charge on any atom is 0.116 e. The fraction of sp³-hybridized carbons (Fsp3) is 0.111. The molecule has 0 saturated carbocycles. The highest BCUT2D eigenvalue weighted by Gasteiger charge is 2.23. The van der Waals surface area contributed by atoms with Gasteiger partial charge in [-0.1, -0.05) is 86.6 Å². The Hall–Kier alpha value is -3.52. The van der Waals surface area contributed by atoms with E-state index in [4.69, 9.17) is 0 Å². The standard InChI is InChI=1S/C27H24O2/c1-27(2,23-13-9-19(10-14-23)21-5-3-7-25(28)17-21)24-15-11-20(12-16-24)22-6-4-8-26(29)18-22/h3-18,28-29H,1-2H3. The summed E-state index contributed by atoms with van der Waals surface area (Å²) in [6, 6.07) is 31.7. The summed E-state index contributed by atoms with van der Waals surface area (Å²) >= 11 is 0. The normalized spacial score (nSPS) is 11.4. The van der Waals surface area contributed by atoms with Crippen molar-refractivity contribution in [3.8, 4) is 33.8 Å². The average Bonchev–Trinajstić information content (AvgIpc) is 2.74. The largest absolute Gasteiger partial charge is 0.508 e. The van der Waals surface area contributed by atoms with Gasteiger partial charge in [-0.15, -0.1) is 0 Å². The topological polar surface area (TPSA) is 40.5 Å². The van der Waals surface area contributed by atoms with Gasteiger partial charge < -0.3 is 10.2 Å². The Bertz CT molecular complexity index is 1030. The molecule has 0 amide bonds. The van der Waals surface area contributed by atoms with Crippen LogP contribution in [0.25, 0.3) is 22.3 Å². The molecule has 0 aliphatic rings. The van der Waals surface area contributed by atoms with Crippen LogP contribution in [-0.4, -0.2) is 10.2 Å². The molecule has 4 aromatic rings. The van der Waals surface area contributed by atoms with Gasteiger partial charge in [0.15, 0.2) is 0 Å². The molecule has 0 unspecified atom stereocenters. The lowest BCUT2D eigenvalue weighted by Gasteiger charge is -2.26. The number of hydrogen-bond acceptors (Lipinski definition) is 2. The molecule has 0 fully saturated rings. The van der Waals surface area contributed by atoms with Crippen LogP contribution in [0.3, 0.4) is 0 Å². The first-order chi connectivity index (χ1) is 13.9. The summed E-state index contributed by atoms with van der Waals surface area (Å²) in [7, 11) is 0. The molecule has 0 saturated heterocycles. The lowest BCUT2D eigenvalue weighted by atomic mass is 9.77. The van der Waals surface area contributed by atoms with Gasteiger partial charge in [-0.25, -0.2) is 0 Å². The Labute approximate surface area is 171 Å². The Morgan fingerprint density at radius 1 is 0.483 bits per heavy atom. The Morgan fingerprint density at radius 2 is 0.862 bits per heavy atom. The van der Waals surface area contributed by atoms with Gasteiger partial charge in [0.25, 0.3) is 0 Å². The number of benzene rings is 4. The summed E-state index contributed by atoms with van der Waals surface area (Å²) in [4.78, 5) is 0. The van der Waals surface area contributed by atoms with Crippen LogP contribution in [0.2, 0.25) is 0 Å². The number of rotatable bonds is 4. The number of hydrogen-bond donors (Lipinski definition) is 2. The van der Waals surface area contributed by atoms with Crippen molar-refractivity contribution in [2.45, 2.75) is 19.3 Å². The lowest BCUT2D eigenvalue weighted by molar-refractivity contribution is 0.475. The lowest BCUT2D eigenvalue weighted by Crippen LogP contribution is -2.18. The smallest absolute Gasteiger partial charge is 0.116 e. The van der Waals surface area contributed by atoms with E-state index < -0.39 is 0 Å². The third-order valence-electron chi connectivity index (χ3n) is 5.57. The molecule has 4 rings (SSSR count). The van der Waals surface area contributed by atoms with Crippen LogP contribution < -0.4 is 0 Å². The van der Waals surface area contributed by atoms with Crippen LogP contribution in [0, 0.1) is 0 Å². The molecule has 0 aliphatic heterocycles. The van der Waals surface area contributed by atoms with Crippen LogP contribution in [0.1, 0.15) is 25.0 Å². The van der Waals surface area contributed by atoms with Gasteiger partial charge in [0.1, 0.15) is 11.5 Å². The molecule has 144 valence electrons. The first-order valence-electron chi connectivity index (χ1n) is 9.73. The molecular weight excluding hydrogens is 356 g/mol. The number of aromatic hydroxyl groups is 2. The second-order valence-corrected chi connectivity index (χ2v) is 7.88. The fourth-order valence-corrected chi connectivity index (χ4v) is 3.70. The highest BCUT2D eigenvalue weighted by molar-refractivity contribution is 5.67. The van der Waals surface area contributed by atoms with E-state index in [2.05, 4.69) is 62.4 Å². The molecule has 29 heavy (non-hydrogen) atoms. The van der Waals surface area contributed by atoms with E-state index in [1.807, 2.05) is 24.3 Å². The Kier molecular flexibility index (Phi) is 4.85. The molecule has 0 aromatic heterocycles. The Balaban J connectivity index is 1.61. The zero-order valence-corrected chi connectivity index (χ0v) is 16.6. The number of phenolic OH excluding ortho intramolecular Hbond substituents is 2. The summed E-state index contributed by atoms with van der Waals surface area (Å²) in [5.41, 5.74) is 6.49. The fourth-order valence-electron chi connectivity index (χ4n) is 3.70. The van der Waals surface area contributed by atoms with Crippen LogP contribution in [0.5, 0.6) is 11.5 Å². The molecule has 0 bridgehead atoms. The summed E-state index contributed by atoms with van der Waals surface area (Å²) in [6.07, 6.45) is 0. The molecule has 2 nitrogen and oxygen atoms in total. The summed E-state index contributed by atoms with van der Waals surface area (Å²) in [5.74, 6) is 0.553. The summed E-state index contributed by atoms with van der Waals surface area (Å²) in [5, 5.41) is 19.4. The van der Waals surface area contributed by atoms with Gasteiger partial charge >= 0.3 is 0 Å². The molecule has 4 aromatic carbocycles. The summed E-state index contributed by atoms with van der Waals surface area (Å²) < 4.78 is 0. The van der Waals surface area contributed by atoms with Gasteiger partial charge in [0.05, 0.1) is 0 Å². The highest BCUT2D eigenvalue weighted by Crippen LogP contribution is 2.34. The van der Waals surface area contributed by atoms with E-state index in [9.17, 15) is 10.2 Å². The minimum Gasteiger partial charge on any atom is -0.508 e. The highest BCUT2D eigenvalue weighted by atomic mass is 16.3. The molecule has 2 N–H and O–H groups in total. The minimum absolute atomic E-state index is 0.144. The van der Waals surface area contributed by atoms with Crippen molar-refractivity contribution in [2.24, 2.45) is 0 Å². The molecule has 0 heterocycles. The van der Waals surface area contributed by atoms with E-state index in [1.54, 1.807) is 24.3 Å². The average molecular weight is 380 g/mol. The second kappa shape index (κ2) is 7.48. The molecule has 0 spiro atoms. The van der Waals surface area contributed by atoms with Gasteiger partial charge in [0.2, 0.25) is 0 Å². The molecule has 2 heteroatoms. The molecule has 0 atom stereocenters. The number of phenols is 2. The van der Waals surface area contributed by atoms with Gasteiger partial charge in [-0.3, -0.25) is 0 Å². The predicted molar refractivity (Wildman–Crippen MR) is 119 cm³/mol. The Morgan fingerprint density at radius 3 is 1.21 bits per heavy atom. The third-order valence-corrected chi connectivity index (χ3v) is 5.57. The van der Waals surface area contributed by atoms with Crippen LogP contribution in [-0.2, 0) is 5.41 Å². The van der Waals surface area contributed by atoms with Crippen molar-refractivity contribution in [2.75, 3.05) is 0 Å². The van der Waals surface area contributed by atoms with Crippen LogP contribution >= 0.6 is 0 Å². The monoisotopic (exact) mass is 380 g/mol. The van der Waals surface area contributed by atoms with Gasteiger partial charge in [-0.2, -0.15) is 0 Å². The van der Waals surface area contributed by atoms with Crippen LogP contribution in [0.15, 0.2) is 97.1 Å². The summed E-state index contributed by atoms with van der Waals surface area (Å²) in [6.45, 7) is 4.44. The third kappa shape index (κ3) is 3.88. The van der Waals surface area contributed by atoms with Crippen molar-refractivity contribution in [3.63, 3.8) is 0 Å². The van der Waals surface area contributed by atoms with Crippen molar-refractivity contribution < 1.29 is 10.2 Å². The SMILES string of the molecule is CC(C)(c1ccc(-c2cccc(O)c2)cc1)c1ccc(-c2cccc(O)c2)cc1. The second-order valence-electron chi connectivity index (χ2n) is 7.88. The first kappa shape index (κ1) is 18.8. The quantitative estimate of drug-likeness (QED) is 0.411. The van der Waals surface area contributed by atoms with E-state index in [-0.39, 0.29) is 16.9 Å².